The van der Waals surface area contributed by atoms with Gasteiger partial charge in [0.05, 0.1) is 18.8 Å². The van der Waals surface area contributed by atoms with Gasteiger partial charge in [-0.2, -0.15) is 5.26 Å². The Morgan fingerprint density at radius 1 is 1.17 bits per heavy atom. The normalized spacial score (nSPS) is 10.5. The molecule has 0 atom stereocenters. The summed E-state index contributed by atoms with van der Waals surface area (Å²) in [4.78, 5) is 39.7. The number of aromatic amines is 1. The van der Waals surface area contributed by atoms with Gasteiger partial charge in [-0.3, -0.25) is 18.8 Å². The molecule has 3 aromatic rings. The smallest absolute Gasteiger partial charge is 0.306 e. The first-order valence-electron chi connectivity index (χ1n) is 10.9. The van der Waals surface area contributed by atoms with Crippen LogP contribution < -0.4 is 10.9 Å². The van der Waals surface area contributed by atoms with Crippen LogP contribution in [0.15, 0.2) is 53.7 Å². The van der Waals surface area contributed by atoms with Gasteiger partial charge in [-0.1, -0.05) is 30.8 Å². The highest BCUT2D eigenvalue weighted by Gasteiger charge is 2.17. The fraction of sp³-hybridized carbons (Fsp3) is 0.280. The molecule has 2 heterocycles. The molecule has 0 bridgehead atoms. The van der Waals surface area contributed by atoms with E-state index >= 15 is 0 Å². The van der Waals surface area contributed by atoms with E-state index in [1.165, 1.54) is 10.5 Å². The summed E-state index contributed by atoms with van der Waals surface area (Å²) in [6.45, 7) is 7.35. The highest BCUT2D eigenvalue weighted by Crippen LogP contribution is 2.29. The Morgan fingerprint density at radius 3 is 2.66 bits per heavy atom. The second-order valence-corrected chi connectivity index (χ2v) is 7.73. The predicted octanol–water partition coefficient (Wildman–Crippen LogP) is 3.26. The number of hydrogen-bond donors (Lipinski definition) is 2. The average Bonchev–Trinajstić information content (AvgIpc) is 3.19. The van der Waals surface area contributed by atoms with Crippen LogP contribution in [-0.4, -0.2) is 41.3 Å². The molecule has 0 fully saturated rings. The Morgan fingerprint density at radius 2 is 1.94 bits per heavy atom. The molecule has 1 aromatic carbocycles. The van der Waals surface area contributed by atoms with Crippen LogP contribution in [0, 0.1) is 18.3 Å². The summed E-state index contributed by atoms with van der Waals surface area (Å²) >= 11 is 0. The monoisotopic (exact) mass is 478 g/mol. The number of hydrogen-bond acceptors (Lipinski definition) is 7. The first-order valence-corrected chi connectivity index (χ1v) is 10.9. The second-order valence-electron chi connectivity index (χ2n) is 7.73. The molecule has 10 heteroatoms. The van der Waals surface area contributed by atoms with Crippen molar-refractivity contribution < 1.29 is 23.8 Å². The number of rotatable bonds is 11. The number of ether oxygens (including phenoxy) is 3. The third-order valence-electron chi connectivity index (χ3n) is 5.02. The Hall–Kier alpha value is -4.36. The summed E-state index contributed by atoms with van der Waals surface area (Å²) in [6.07, 6.45) is 1.31. The van der Waals surface area contributed by atoms with E-state index in [0.717, 1.165) is 11.1 Å². The lowest BCUT2D eigenvalue weighted by Crippen LogP contribution is -2.19. The van der Waals surface area contributed by atoms with E-state index < -0.39 is 17.4 Å². The number of carbonyl (C=O) groups excluding carboxylic acids is 2. The summed E-state index contributed by atoms with van der Waals surface area (Å²) in [6, 6.07) is 10.9. The van der Waals surface area contributed by atoms with Gasteiger partial charge in [-0.05, 0) is 25.0 Å². The van der Waals surface area contributed by atoms with Crippen molar-refractivity contribution in [2.45, 2.75) is 26.7 Å². The highest BCUT2D eigenvalue weighted by molar-refractivity contribution is 5.92. The van der Waals surface area contributed by atoms with E-state index in [2.05, 4.69) is 22.9 Å². The lowest BCUT2D eigenvalue weighted by Gasteiger charge is -2.08. The minimum absolute atomic E-state index is 0.0134. The van der Waals surface area contributed by atoms with Gasteiger partial charge in [-0.25, -0.2) is 0 Å². The van der Waals surface area contributed by atoms with Crippen LogP contribution in [0.1, 0.15) is 30.9 Å². The quantitative estimate of drug-likeness (QED) is 0.187. The Bertz CT molecular complexity index is 1350. The number of H-pyrrole nitrogens is 1. The number of aryl methyl sites for hydroxylation is 1. The van der Waals surface area contributed by atoms with Crippen LogP contribution in [0.2, 0.25) is 0 Å². The van der Waals surface area contributed by atoms with E-state index in [1.807, 2.05) is 31.2 Å². The standard InChI is InChI=1S/C25H26N4O6/c1-16(2)35-15-33-10-11-34-24(32)9-8-22(30)27-21-12-23(31)29-14-20(19(13-26)25(29)28-21)18-7-5-4-6-17(18)3/h4-7,12,14,28H,1,8-11,15H2,2-3H3,(H,27,30). The van der Waals surface area contributed by atoms with Crippen LogP contribution in [-0.2, 0) is 23.8 Å². The molecule has 2 N–H and O–H groups in total. The summed E-state index contributed by atoms with van der Waals surface area (Å²) in [5.74, 6) is -0.411. The largest absolute Gasteiger partial charge is 0.473 e. The van der Waals surface area contributed by atoms with E-state index in [1.54, 1.807) is 13.1 Å². The van der Waals surface area contributed by atoms with Crippen LogP contribution in [0.3, 0.4) is 0 Å². The van der Waals surface area contributed by atoms with Gasteiger partial charge in [0.1, 0.15) is 29.7 Å². The number of carbonyl (C=O) groups is 2. The van der Waals surface area contributed by atoms with E-state index in [4.69, 9.17) is 14.2 Å². The fourth-order valence-corrected chi connectivity index (χ4v) is 3.34. The van der Waals surface area contributed by atoms with Crippen molar-refractivity contribution in [3.8, 4) is 17.2 Å². The van der Waals surface area contributed by atoms with Crippen LogP contribution in [0.4, 0.5) is 5.82 Å². The van der Waals surface area contributed by atoms with E-state index in [0.29, 0.717) is 11.3 Å². The highest BCUT2D eigenvalue weighted by atomic mass is 16.7. The average molecular weight is 479 g/mol. The number of fused-ring (bicyclic) bond motifs is 1. The minimum atomic E-state index is -0.560. The number of nitriles is 1. The van der Waals surface area contributed by atoms with Gasteiger partial charge in [0.15, 0.2) is 6.79 Å². The topological polar surface area (TPSA) is 135 Å². The van der Waals surface area contributed by atoms with Crippen molar-refractivity contribution in [2.75, 3.05) is 25.3 Å². The molecule has 0 saturated heterocycles. The number of esters is 1. The van der Waals surface area contributed by atoms with Crippen molar-refractivity contribution in [1.82, 2.24) is 9.38 Å². The molecule has 1 amide bonds. The van der Waals surface area contributed by atoms with Gasteiger partial charge in [0, 0.05) is 24.2 Å². The summed E-state index contributed by atoms with van der Waals surface area (Å²) < 4.78 is 16.4. The first kappa shape index (κ1) is 25.3. The molecule has 0 unspecified atom stereocenters. The maximum absolute atomic E-state index is 12.7. The number of benzene rings is 1. The third-order valence-corrected chi connectivity index (χ3v) is 5.02. The molecule has 0 radical (unpaired) electrons. The van der Waals surface area contributed by atoms with Gasteiger partial charge in [-0.15, -0.1) is 0 Å². The molecule has 0 aliphatic carbocycles. The molecule has 0 aliphatic rings. The Kier molecular flexibility index (Phi) is 8.43. The molecular weight excluding hydrogens is 452 g/mol. The summed E-state index contributed by atoms with van der Waals surface area (Å²) in [5.41, 5.74) is 2.54. The van der Waals surface area contributed by atoms with Crippen molar-refractivity contribution in [1.29, 1.82) is 5.26 Å². The van der Waals surface area contributed by atoms with E-state index in [-0.39, 0.29) is 49.9 Å². The molecular formula is C25H26N4O6. The molecule has 0 spiro atoms. The van der Waals surface area contributed by atoms with Gasteiger partial charge < -0.3 is 24.5 Å². The Labute approximate surface area is 201 Å². The zero-order valence-corrected chi connectivity index (χ0v) is 19.6. The van der Waals surface area contributed by atoms with Crippen molar-refractivity contribution >= 4 is 23.3 Å². The molecule has 3 rings (SSSR count). The number of aromatic nitrogens is 2. The van der Waals surface area contributed by atoms with Crippen molar-refractivity contribution in [3.63, 3.8) is 0 Å². The summed E-state index contributed by atoms with van der Waals surface area (Å²) in [7, 11) is 0. The molecule has 0 aliphatic heterocycles. The predicted molar refractivity (Wildman–Crippen MR) is 128 cm³/mol. The first-order chi connectivity index (χ1) is 16.8. The molecule has 10 nitrogen and oxygen atoms in total. The number of amides is 1. The van der Waals surface area contributed by atoms with Gasteiger partial charge >= 0.3 is 5.97 Å². The minimum Gasteiger partial charge on any atom is -0.473 e. The molecule has 182 valence electrons. The maximum Gasteiger partial charge on any atom is 0.306 e. The van der Waals surface area contributed by atoms with Crippen LogP contribution in [0.25, 0.3) is 16.8 Å². The number of anilines is 1. The third kappa shape index (κ3) is 6.59. The van der Waals surface area contributed by atoms with Crippen LogP contribution in [0.5, 0.6) is 0 Å². The summed E-state index contributed by atoms with van der Waals surface area (Å²) in [5, 5.41) is 12.3. The SMILES string of the molecule is C=C(C)OCOCCOC(=O)CCC(=O)Nc1cc(=O)n2cc(-c3ccccc3C)c(C#N)c2[nH]1. The molecule has 2 aromatic heterocycles. The number of nitrogens with one attached hydrogen (secondary N) is 2. The van der Waals surface area contributed by atoms with Crippen molar-refractivity contribution in [3.05, 3.63) is 70.3 Å². The van der Waals surface area contributed by atoms with E-state index in [9.17, 15) is 19.6 Å². The zero-order chi connectivity index (χ0) is 25.4. The lowest BCUT2D eigenvalue weighted by molar-refractivity contribution is -0.147. The number of nitrogens with zero attached hydrogens (tertiary/aromatic N) is 2. The fourth-order valence-electron chi connectivity index (χ4n) is 3.34. The molecule has 35 heavy (non-hydrogen) atoms. The van der Waals surface area contributed by atoms with Gasteiger partial charge in [0.2, 0.25) is 5.91 Å². The zero-order valence-electron chi connectivity index (χ0n) is 19.6. The lowest BCUT2D eigenvalue weighted by atomic mass is 10.0. The van der Waals surface area contributed by atoms with Gasteiger partial charge in [0.25, 0.3) is 5.56 Å². The number of allylic oxidation sites excluding steroid dienone is 1. The van der Waals surface area contributed by atoms with Crippen molar-refractivity contribution in [2.24, 2.45) is 0 Å². The maximum atomic E-state index is 12.7. The van der Waals surface area contributed by atoms with Crippen LogP contribution >= 0.6 is 0 Å². The second kappa shape index (κ2) is 11.7. The molecule has 0 saturated carbocycles. The Balaban J connectivity index is 1.61.